The number of nitrogens with two attached hydrogens (primary N) is 1. The van der Waals surface area contributed by atoms with Crippen molar-refractivity contribution in [1.29, 1.82) is 0 Å². The van der Waals surface area contributed by atoms with Gasteiger partial charge in [-0.3, -0.25) is 4.79 Å². The van der Waals surface area contributed by atoms with Crippen LogP contribution < -0.4 is 5.73 Å². The Morgan fingerprint density at radius 2 is 1.88 bits per heavy atom. The molecule has 16 heavy (non-hydrogen) atoms. The van der Waals surface area contributed by atoms with Gasteiger partial charge in [-0.2, -0.15) is 0 Å². The summed E-state index contributed by atoms with van der Waals surface area (Å²) in [5.74, 6) is -1.89. The molecule has 0 fully saturated rings. The van der Waals surface area contributed by atoms with Gasteiger partial charge in [-0.25, -0.2) is 12.8 Å². The molecule has 1 atom stereocenters. The fraction of sp³-hybridized carbons (Fsp3) is 0.222. The van der Waals surface area contributed by atoms with Crippen LogP contribution in [0.4, 0.5) is 4.39 Å². The molecular weight excluding hydrogens is 237 g/mol. The molecule has 0 radical (unpaired) electrons. The molecule has 3 N–H and O–H groups in total. The second-order valence-electron chi connectivity index (χ2n) is 3.14. The first-order valence-corrected chi connectivity index (χ1v) is 5.85. The predicted molar refractivity (Wildman–Crippen MR) is 53.8 cm³/mol. The van der Waals surface area contributed by atoms with Crippen molar-refractivity contribution in [2.24, 2.45) is 5.73 Å². The minimum atomic E-state index is -3.92. The van der Waals surface area contributed by atoms with E-state index in [1.165, 1.54) is 0 Å². The van der Waals surface area contributed by atoms with E-state index in [4.69, 9.17) is 10.8 Å². The zero-order valence-corrected chi connectivity index (χ0v) is 8.95. The van der Waals surface area contributed by atoms with E-state index in [2.05, 4.69) is 0 Å². The maximum Gasteiger partial charge on any atom is 0.306 e. The number of hydrogen-bond donors (Lipinski definition) is 2. The lowest BCUT2D eigenvalue weighted by molar-refractivity contribution is -0.137. The van der Waals surface area contributed by atoms with E-state index in [0.717, 1.165) is 24.3 Å². The minimum absolute atomic E-state index is 0.192. The molecule has 0 aliphatic rings. The van der Waals surface area contributed by atoms with Gasteiger partial charge in [0, 0.05) is 0 Å². The average molecular weight is 247 g/mol. The number of carboxylic acid groups (broad SMARTS) is 1. The van der Waals surface area contributed by atoms with Crippen molar-refractivity contribution in [2.75, 3.05) is 0 Å². The van der Waals surface area contributed by atoms with E-state index in [1.54, 1.807) is 0 Å². The molecule has 0 saturated heterocycles. The van der Waals surface area contributed by atoms with Crippen molar-refractivity contribution < 1.29 is 22.7 Å². The second-order valence-corrected chi connectivity index (χ2v) is 5.30. The van der Waals surface area contributed by atoms with E-state index in [0.29, 0.717) is 0 Å². The molecule has 5 nitrogen and oxygen atoms in total. The molecular formula is C9H10FNO4S. The van der Waals surface area contributed by atoms with Crippen molar-refractivity contribution in [3.05, 3.63) is 30.1 Å². The maximum absolute atomic E-state index is 12.6. The van der Waals surface area contributed by atoms with Gasteiger partial charge in [0.05, 0.1) is 11.3 Å². The Hall–Kier alpha value is -1.47. The number of aliphatic carboxylic acids is 1. The van der Waals surface area contributed by atoms with Gasteiger partial charge in [-0.05, 0) is 24.3 Å². The predicted octanol–water partition coefficient (Wildman–Crippen LogP) is 0.359. The lowest BCUT2D eigenvalue weighted by Crippen LogP contribution is -2.33. The molecule has 88 valence electrons. The zero-order valence-electron chi connectivity index (χ0n) is 8.13. The third kappa shape index (κ3) is 2.77. The highest BCUT2D eigenvalue weighted by atomic mass is 32.2. The molecule has 0 spiro atoms. The highest BCUT2D eigenvalue weighted by molar-refractivity contribution is 7.92. The number of benzene rings is 1. The first-order chi connectivity index (χ1) is 7.34. The fourth-order valence-corrected chi connectivity index (χ4v) is 2.31. The van der Waals surface area contributed by atoms with Gasteiger partial charge in [0.25, 0.3) is 0 Å². The van der Waals surface area contributed by atoms with E-state index in [-0.39, 0.29) is 4.90 Å². The summed E-state index contributed by atoms with van der Waals surface area (Å²) in [6.45, 7) is 0. The number of hydrogen-bond acceptors (Lipinski definition) is 4. The standard InChI is InChI=1S/C9H10FNO4S/c10-6-1-3-7(4-2-6)16(14,15)8(11)5-9(12)13/h1-4,8H,5,11H2,(H,12,13). The van der Waals surface area contributed by atoms with Crippen LogP contribution in [0.3, 0.4) is 0 Å². The number of carboxylic acids is 1. The Bertz CT molecular complexity index is 483. The highest BCUT2D eigenvalue weighted by Gasteiger charge is 2.25. The van der Waals surface area contributed by atoms with Gasteiger partial charge >= 0.3 is 5.97 Å². The van der Waals surface area contributed by atoms with E-state index in [9.17, 15) is 17.6 Å². The molecule has 0 heterocycles. The second kappa shape index (κ2) is 4.58. The van der Waals surface area contributed by atoms with Crippen LogP contribution in [-0.4, -0.2) is 24.9 Å². The monoisotopic (exact) mass is 247 g/mol. The van der Waals surface area contributed by atoms with Crippen molar-refractivity contribution in [1.82, 2.24) is 0 Å². The maximum atomic E-state index is 12.6. The highest BCUT2D eigenvalue weighted by Crippen LogP contribution is 2.15. The molecule has 1 rings (SSSR count). The van der Waals surface area contributed by atoms with E-state index < -0.39 is 33.4 Å². The number of sulfone groups is 1. The quantitative estimate of drug-likeness (QED) is 0.748. The Balaban J connectivity index is 3.02. The molecule has 1 unspecified atom stereocenters. The molecule has 1 aromatic carbocycles. The van der Waals surface area contributed by atoms with Crippen molar-refractivity contribution in [2.45, 2.75) is 16.7 Å². The molecule has 0 aromatic heterocycles. The molecule has 0 aliphatic heterocycles. The SMILES string of the molecule is NC(CC(=O)O)S(=O)(=O)c1ccc(F)cc1. The van der Waals surface area contributed by atoms with Crippen LogP contribution in [0.5, 0.6) is 0 Å². The van der Waals surface area contributed by atoms with Gasteiger partial charge in [0.1, 0.15) is 11.2 Å². The molecule has 0 bridgehead atoms. The summed E-state index contributed by atoms with van der Waals surface area (Å²) in [7, 11) is -3.92. The van der Waals surface area contributed by atoms with Crippen LogP contribution in [0, 0.1) is 5.82 Å². The average Bonchev–Trinajstić information content (AvgIpc) is 2.17. The molecule has 1 aromatic rings. The number of rotatable bonds is 4. The molecule has 7 heteroatoms. The summed E-state index contributed by atoms with van der Waals surface area (Å²) in [6.07, 6.45) is -0.695. The molecule has 0 amide bonds. The molecule has 0 saturated carbocycles. The van der Waals surface area contributed by atoms with Crippen molar-refractivity contribution in [3.8, 4) is 0 Å². The Labute approximate surface area is 91.6 Å². The smallest absolute Gasteiger partial charge is 0.306 e. The van der Waals surface area contributed by atoms with Gasteiger partial charge in [0.15, 0.2) is 9.84 Å². The van der Waals surface area contributed by atoms with Gasteiger partial charge in [-0.1, -0.05) is 0 Å². The van der Waals surface area contributed by atoms with Crippen LogP contribution in [0.25, 0.3) is 0 Å². The van der Waals surface area contributed by atoms with Crippen LogP contribution in [0.15, 0.2) is 29.2 Å². The Morgan fingerprint density at radius 1 is 1.38 bits per heavy atom. The first kappa shape index (κ1) is 12.6. The van der Waals surface area contributed by atoms with Crippen LogP contribution in [0.1, 0.15) is 6.42 Å². The van der Waals surface area contributed by atoms with Gasteiger partial charge < -0.3 is 10.8 Å². The first-order valence-electron chi connectivity index (χ1n) is 4.31. The normalized spacial score (nSPS) is 13.4. The Morgan fingerprint density at radius 3 is 2.31 bits per heavy atom. The van der Waals surface area contributed by atoms with E-state index >= 15 is 0 Å². The summed E-state index contributed by atoms with van der Waals surface area (Å²) in [4.78, 5) is 10.1. The summed E-state index contributed by atoms with van der Waals surface area (Å²) >= 11 is 0. The lowest BCUT2D eigenvalue weighted by Gasteiger charge is -2.10. The van der Waals surface area contributed by atoms with Crippen molar-refractivity contribution in [3.63, 3.8) is 0 Å². The van der Waals surface area contributed by atoms with Crippen molar-refractivity contribution >= 4 is 15.8 Å². The number of carbonyl (C=O) groups is 1. The van der Waals surface area contributed by atoms with Crippen LogP contribution in [-0.2, 0) is 14.6 Å². The van der Waals surface area contributed by atoms with E-state index in [1.807, 2.05) is 0 Å². The largest absolute Gasteiger partial charge is 0.481 e. The molecule has 0 aliphatic carbocycles. The summed E-state index contributed by atoms with van der Waals surface area (Å²) in [5, 5.41) is 6.90. The lowest BCUT2D eigenvalue weighted by atomic mass is 10.3. The van der Waals surface area contributed by atoms with Crippen LogP contribution >= 0.6 is 0 Å². The summed E-state index contributed by atoms with van der Waals surface area (Å²) < 4.78 is 35.9. The third-order valence-electron chi connectivity index (χ3n) is 1.92. The van der Waals surface area contributed by atoms with Crippen LogP contribution in [0.2, 0.25) is 0 Å². The van der Waals surface area contributed by atoms with Gasteiger partial charge in [0.2, 0.25) is 0 Å². The number of halogens is 1. The summed E-state index contributed by atoms with van der Waals surface area (Å²) in [6, 6.07) is 4.04. The summed E-state index contributed by atoms with van der Waals surface area (Å²) in [5.41, 5.74) is 5.26. The van der Waals surface area contributed by atoms with Gasteiger partial charge in [-0.15, -0.1) is 0 Å². The third-order valence-corrected chi connectivity index (χ3v) is 3.81. The minimum Gasteiger partial charge on any atom is -0.481 e. The fourth-order valence-electron chi connectivity index (χ4n) is 1.08. The topological polar surface area (TPSA) is 97.5 Å². The zero-order chi connectivity index (χ0) is 12.3. The Kier molecular flexibility index (Phi) is 3.61.